The molecule has 0 saturated carbocycles. The third kappa shape index (κ3) is 7.50. The van der Waals surface area contributed by atoms with E-state index in [0.29, 0.717) is 0 Å². The van der Waals surface area contributed by atoms with Crippen molar-refractivity contribution in [3.05, 3.63) is 0 Å². The van der Waals surface area contributed by atoms with Gasteiger partial charge in [0.1, 0.15) is 18.8 Å². The van der Waals surface area contributed by atoms with Gasteiger partial charge in [0.25, 0.3) is 0 Å². The first-order valence-electron chi connectivity index (χ1n) is 8.40. The minimum absolute atomic E-state index is 0.643. The van der Waals surface area contributed by atoms with Crippen LogP contribution in [-0.4, -0.2) is 73.2 Å². The maximum Gasteiger partial charge on any atom is 0.471 e. The lowest BCUT2D eigenvalue weighted by atomic mass is 9.95. The fraction of sp³-hybridized carbons (Fsp3) is 0.688. The molecule has 1 saturated heterocycles. The summed E-state index contributed by atoms with van der Waals surface area (Å²) in [7, 11) is 0. The largest absolute Gasteiger partial charge is 0.471 e. The second-order valence-corrected chi connectivity index (χ2v) is 6.10. The molecule has 0 radical (unpaired) electrons. The summed E-state index contributed by atoms with van der Waals surface area (Å²) in [5.41, 5.74) is 0. The van der Waals surface area contributed by atoms with Crippen LogP contribution in [0.4, 0.5) is 13.2 Å². The number of nitrogens with one attached hydrogen (secondary N) is 1. The second kappa shape index (κ2) is 10.2. The minimum atomic E-state index is -5.35. The number of carbonyl (C=O) groups excluding carboxylic acids is 5. The number of rotatable bonds is 6. The van der Waals surface area contributed by atoms with E-state index in [0.717, 1.165) is 27.7 Å². The Balaban J connectivity index is 3.41. The Morgan fingerprint density at radius 3 is 1.77 bits per heavy atom. The zero-order valence-corrected chi connectivity index (χ0v) is 16.3. The molecule has 1 heterocycles. The maximum absolute atomic E-state index is 12.8. The van der Waals surface area contributed by atoms with E-state index >= 15 is 0 Å². The molecule has 14 heteroatoms. The van der Waals surface area contributed by atoms with Gasteiger partial charge in [0, 0.05) is 27.7 Å². The molecule has 0 aromatic carbocycles. The first-order chi connectivity index (χ1) is 13.7. The molecular weight excluding hydrogens is 423 g/mol. The third-order valence-corrected chi connectivity index (χ3v) is 3.54. The molecule has 170 valence electrons. The Morgan fingerprint density at radius 1 is 0.833 bits per heavy atom. The van der Waals surface area contributed by atoms with Crippen LogP contribution >= 0.6 is 0 Å². The van der Waals surface area contributed by atoms with Gasteiger partial charge < -0.3 is 29.0 Å². The molecule has 1 rings (SSSR count). The van der Waals surface area contributed by atoms with Gasteiger partial charge in [-0.05, 0) is 0 Å². The minimum Gasteiger partial charge on any atom is -0.463 e. The molecule has 0 unspecified atom stereocenters. The van der Waals surface area contributed by atoms with Crippen molar-refractivity contribution in [1.82, 2.24) is 5.32 Å². The van der Waals surface area contributed by atoms with Gasteiger partial charge in [0.05, 0.1) is 0 Å². The lowest BCUT2D eigenvalue weighted by Crippen LogP contribution is -2.68. The molecule has 1 aliphatic rings. The molecule has 30 heavy (non-hydrogen) atoms. The zero-order valence-electron chi connectivity index (χ0n) is 16.3. The third-order valence-electron chi connectivity index (χ3n) is 3.54. The highest BCUT2D eigenvalue weighted by Gasteiger charge is 2.54. The smallest absolute Gasteiger partial charge is 0.463 e. The van der Waals surface area contributed by atoms with E-state index in [1.54, 1.807) is 5.32 Å². The standard InChI is InChI=1S/C16H20F3NO10/c1-6(21)26-5-10-12(27-7(2)22)11(20-15(25)16(17,18)19)13(28-8(3)23)14(30-10)29-9(4)24/h10-14H,5H2,1-4H3,(H,20,25)/t10-,11-,12-,13-,14+/m1/s1. The molecule has 0 spiro atoms. The van der Waals surface area contributed by atoms with Crippen LogP contribution in [0.25, 0.3) is 0 Å². The normalized spacial score (nSPS) is 26.2. The summed E-state index contributed by atoms with van der Waals surface area (Å²) in [6.45, 7) is 3.15. The fourth-order valence-corrected chi connectivity index (χ4v) is 2.57. The van der Waals surface area contributed by atoms with Crippen LogP contribution in [0.3, 0.4) is 0 Å². The number of carbonyl (C=O) groups is 5. The van der Waals surface area contributed by atoms with Gasteiger partial charge in [0.15, 0.2) is 12.2 Å². The molecule has 1 fully saturated rings. The number of hydrogen-bond donors (Lipinski definition) is 1. The van der Waals surface area contributed by atoms with Gasteiger partial charge in [-0.3, -0.25) is 24.0 Å². The van der Waals surface area contributed by atoms with Crippen LogP contribution in [0.2, 0.25) is 0 Å². The summed E-state index contributed by atoms with van der Waals surface area (Å²) in [6, 6.07) is -1.87. The van der Waals surface area contributed by atoms with Crippen molar-refractivity contribution in [2.24, 2.45) is 0 Å². The van der Waals surface area contributed by atoms with Crippen LogP contribution in [0.15, 0.2) is 0 Å². The molecule has 5 atom stereocenters. The van der Waals surface area contributed by atoms with E-state index < -0.39 is 73.2 Å². The van der Waals surface area contributed by atoms with Gasteiger partial charge in [0.2, 0.25) is 6.29 Å². The van der Waals surface area contributed by atoms with Crippen molar-refractivity contribution in [3.63, 3.8) is 0 Å². The van der Waals surface area contributed by atoms with Crippen molar-refractivity contribution in [2.75, 3.05) is 6.61 Å². The first-order valence-corrected chi connectivity index (χ1v) is 8.40. The highest BCUT2D eigenvalue weighted by molar-refractivity contribution is 5.82. The topological polar surface area (TPSA) is 144 Å². The Bertz CT molecular complexity index is 695. The number of esters is 4. The first kappa shape index (κ1) is 25.1. The molecule has 1 amide bonds. The average Bonchev–Trinajstić information content (AvgIpc) is 2.56. The lowest BCUT2D eigenvalue weighted by molar-refractivity contribution is -0.278. The van der Waals surface area contributed by atoms with Gasteiger partial charge in [-0.25, -0.2) is 0 Å². The summed E-state index contributed by atoms with van der Waals surface area (Å²) in [6.07, 6.45) is -12.2. The van der Waals surface area contributed by atoms with Crippen molar-refractivity contribution in [1.29, 1.82) is 0 Å². The fourth-order valence-electron chi connectivity index (χ4n) is 2.57. The highest BCUT2D eigenvalue weighted by atomic mass is 19.4. The van der Waals surface area contributed by atoms with Crippen molar-refractivity contribution in [3.8, 4) is 0 Å². The van der Waals surface area contributed by atoms with Crippen molar-refractivity contribution in [2.45, 2.75) is 64.5 Å². The Hall–Kier alpha value is -2.90. The molecule has 1 N–H and O–H groups in total. The SMILES string of the molecule is CC(=O)OC[C@H]1O[C@H](OC(C)=O)[C@H](OC(C)=O)[C@H](NC(=O)C(F)(F)F)[C@@H]1OC(C)=O. The number of amides is 1. The molecule has 0 aromatic rings. The molecule has 11 nitrogen and oxygen atoms in total. The number of ether oxygens (including phenoxy) is 5. The predicted octanol–water partition coefficient (Wildman–Crippen LogP) is -0.252. The van der Waals surface area contributed by atoms with Crippen LogP contribution in [-0.2, 0) is 47.7 Å². The Kier molecular flexibility index (Phi) is 8.57. The van der Waals surface area contributed by atoms with E-state index in [-0.39, 0.29) is 0 Å². The van der Waals surface area contributed by atoms with E-state index in [2.05, 4.69) is 0 Å². The number of hydrogen-bond acceptors (Lipinski definition) is 10. The van der Waals surface area contributed by atoms with E-state index in [4.69, 9.17) is 23.7 Å². The lowest BCUT2D eigenvalue weighted by Gasteiger charge is -2.44. The van der Waals surface area contributed by atoms with Gasteiger partial charge in [-0.1, -0.05) is 0 Å². The second-order valence-electron chi connectivity index (χ2n) is 6.10. The molecule has 0 bridgehead atoms. The quantitative estimate of drug-likeness (QED) is 0.431. The molecular formula is C16H20F3NO10. The van der Waals surface area contributed by atoms with Crippen molar-refractivity contribution < 1.29 is 60.8 Å². The van der Waals surface area contributed by atoms with Gasteiger partial charge in [-0.15, -0.1) is 0 Å². The Morgan fingerprint density at radius 2 is 1.33 bits per heavy atom. The van der Waals surface area contributed by atoms with Crippen LogP contribution in [0.1, 0.15) is 27.7 Å². The van der Waals surface area contributed by atoms with E-state index in [9.17, 15) is 37.1 Å². The van der Waals surface area contributed by atoms with Crippen LogP contribution in [0, 0.1) is 0 Å². The van der Waals surface area contributed by atoms with E-state index in [1.807, 2.05) is 0 Å². The highest BCUT2D eigenvalue weighted by Crippen LogP contribution is 2.29. The van der Waals surface area contributed by atoms with Crippen molar-refractivity contribution >= 4 is 29.8 Å². The van der Waals surface area contributed by atoms with Crippen LogP contribution in [0.5, 0.6) is 0 Å². The monoisotopic (exact) mass is 443 g/mol. The molecule has 0 aromatic heterocycles. The summed E-state index contributed by atoms with van der Waals surface area (Å²) in [4.78, 5) is 57.0. The summed E-state index contributed by atoms with van der Waals surface area (Å²) >= 11 is 0. The Labute approximate surface area is 168 Å². The predicted molar refractivity (Wildman–Crippen MR) is 86.2 cm³/mol. The van der Waals surface area contributed by atoms with E-state index in [1.165, 1.54) is 0 Å². The van der Waals surface area contributed by atoms with Gasteiger partial charge >= 0.3 is 36.0 Å². The van der Waals surface area contributed by atoms with Crippen LogP contribution < -0.4 is 5.32 Å². The maximum atomic E-state index is 12.8. The summed E-state index contributed by atoms with van der Waals surface area (Å²) < 4.78 is 63.3. The molecule has 0 aliphatic carbocycles. The van der Waals surface area contributed by atoms with Gasteiger partial charge in [-0.2, -0.15) is 13.2 Å². The number of alkyl halides is 3. The average molecular weight is 443 g/mol. The zero-order chi connectivity index (χ0) is 23.2. The number of halogens is 3. The summed E-state index contributed by atoms with van der Waals surface area (Å²) in [5, 5.41) is 1.56. The summed E-state index contributed by atoms with van der Waals surface area (Å²) in [5.74, 6) is -6.23. The molecule has 1 aliphatic heterocycles.